The highest BCUT2D eigenvalue weighted by Crippen LogP contribution is 2.44. The minimum atomic E-state index is -0.645. The number of rotatable bonds is 6. The third kappa shape index (κ3) is 3.31. The molecule has 4 heterocycles. The Balaban J connectivity index is 1.24. The summed E-state index contributed by atoms with van der Waals surface area (Å²) in [6.45, 7) is 8.53. The maximum Gasteiger partial charge on any atom is 0.141 e. The lowest BCUT2D eigenvalue weighted by atomic mass is 10.0. The monoisotopic (exact) mass is 404 g/mol. The van der Waals surface area contributed by atoms with Gasteiger partial charge < -0.3 is 9.64 Å². The van der Waals surface area contributed by atoms with E-state index in [0.717, 1.165) is 43.3 Å². The molecule has 0 aromatic carbocycles. The molecule has 7 heteroatoms. The van der Waals surface area contributed by atoms with Gasteiger partial charge in [0, 0.05) is 38.1 Å². The van der Waals surface area contributed by atoms with Crippen LogP contribution in [0, 0.1) is 5.92 Å². The number of hydrogen-bond acceptors (Lipinski definition) is 6. The van der Waals surface area contributed by atoms with Gasteiger partial charge in [0.15, 0.2) is 0 Å². The van der Waals surface area contributed by atoms with Crippen LogP contribution in [0.3, 0.4) is 0 Å². The molecule has 2 aromatic rings. The predicted molar refractivity (Wildman–Crippen MR) is 111 cm³/mol. The molecule has 4 atom stereocenters. The van der Waals surface area contributed by atoms with E-state index in [2.05, 4.69) is 34.0 Å². The fourth-order valence-electron chi connectivity index (χ4n) is 5.21. The third-order valence-electron chi connectivity index (χ3n) is 6.70. The SMILES string of the molecule is CC(C)c1csc2ncnc(N3CC4CC3CC4OCCN3CC[C@H](F)C3)c12. The van der Waals surface area contributed by atoms with Crippen molar-refractivity contribution < 1.29 is 9.13 Å². The molecule has 3 unspecified atom stereocenters. The average molecular weight is 405 g/mol. The van der Waals surface area contributed by atoms with Crippen molar-refractivity contribution in [3.8, 4) is 0 Å². The summed E-state index contributed by atoms with van der Waals surface area (Å²) in [6, 6.07) is 0.509. The molecule has 2 aliphatic heterocycles. The van der Waals surface area contributed by atoms with Crippen molar-refractivity contribution in [2.24, 2.45) is 5.92 Å². The van der Waals surface area contributed by atoms with Crippen LogP contribution in [0.15, 0.2) is 11.7 Å². The molecule has 0 radical (unpaired) electrons. The average Bonchev–Trinajstić information content (AvgIpc) is 3.44. The van der Waals surface area contributed by atoms with Gasteiger partial charge in [0.1, 0.15) is 23.1 Å². The molecule has 2 aromatic heterocycles. The highest BCUT2D eigenvalue weighted by atomic mass is 32.1. The number of alkyl halides is 1. The van der Waals surface area contributed by atoms with E-state index in [-0.39, 0.29) is 0 Å². The molecule has 5 nitrogen and oxygen atoms in total. The molecule has 1 saturated carbocycles. The smallest absolute Gasteiger partial charge is 0.141 e. The van der Waals surface area contributed by atoms with Crippen LogP contribution >= 0.6 is 11.3 Å². The summed E-state index contributed by atoms with van der Waals surface area (Å²) in [7, 11) is 0. The summed E-state index contributed by atoms with van der Waals surface area (Å²) in [5, 5.41) is 3.50. The molecule has 28 heavy (non-hydrogen) atoms. The minimum absolute atomic E-state index is 0.342. The number of ether oxygens (including phenoxy) is 1. The summed E-state index contributed by atoms with van der Waals surface area (Å²) < 4.78 is 19.5. The van der Waals surface area contributed by atoms with E-state index >= 15 is 0 Å². The predicted octanol–water partition coefficient (Wildman–Crippen LogP) is 3.84. The first-order chi connectivity index (χ1) is 13.6. The van der Waals surface area contributed by atoms with Crippen molar-refractivity contribution in [1.82, 2.24) is 14.9 Å². The van der Waals surface area contributed by atoms with Gasteiger partial charge in [-0.2, -0.15) is 0 Å². The Morgan fingerprint density at radius 2 is 2.18 bits per heavy atom. The van der Waals surface area contributed by atoms with Gasteiger partial charge in [-0.05, 0) is 36.1 Å². The Kier molecular flexibility index (Phi) is 5.01. The largest absolute Gasteiger partial charge is 0.376 e. The zero-order chi connectivity index (χ0) is 19.3. The minimum Gasteiger partial charge on any atom is -0.376 e. The second-order valence-electron chi connectivity index (χ2n) is 8.86. The van der Waals surface area contributed by atoms with E-state index in [1.54, 1.807) is 17.7 Å². The van der Waals surface area contributed by atoms with Gasteiger partial charge in [0.2, 0.25) is 0 Å². The van der Waals surface area contributed by atoms with Crippen LogP contribution in [0.1, 0.15) is 44.6 Å². The zero-order valence-electron chi connectivity index (χ0n) is 16.7. The number of fused-ring (bicyclic) bond motifs is 3. The molecule has 0 spiro atoms. The molecule has 152 valence electrons. The van der Waals surface area contributed by atoms with Gasteiger partial charge in [-0.15, -0.1) is 11.3 Å². The van der Waals surface area contributed by atoms with Crippen LogP contribution < -0.4 is 4.90 Å². The fourth-order valence-corrected chi connectivity index (χ4v) is 6.28. The highest BCUT2D eigenvalue weighted by molar-refractivity contribution is 7.17. The van der Waals surface area contributed by atoms with Gasteiger partial charge in [-0.25, -0.2) is 14.4 Å². The molecule has 2 bridgehead atoms. The van der Waals surface area contributed by atoms with E-state index in [1.165, 1.54) is 17.4 Å². The van der Waals surface area contributed by atoms with E-state index in [4.69, 9.17) is 9.72 Å². The molecule has 0 amide bonds. The Labute approximate surface area is 169 Å². The van der Waals surface area contributed by atoms with Gasteiger partial charge >= 0.3 is 0 Å². The summed E-state index contributed by atoms with van der Waals surface area (Å²) in [4.78, 5) is 15.0. The number of halogens is 1. The van der Waals surface area contributed by atoms with Gasteiger partial charge in [-0.3, -0.25) is 4.90 Å². The molecular weight excluding hydrogens is 375 g/mol. The Morgan fingerprint density at radius 1 is 1.29 bits per heavy atom. The number of hydrogen-bond donors (Lipinski definition) is 0. The number of likely N-dealkylation sites (tertiary alicyclic amines) is 1. The maximum atomic E-state index is 13.3. The lowest BCUT2D eigenvalue weighted by Gasteiger charge is -2.33. The van der Waals surface area contributed by atoms with Crippen molar-refractivity contribution in [2.75, 3.05) is 37.7 Å². The van der Waals surface area contributed by atoms with Crippen LogP contribution in [-0.4, -0.2) is 66.0 Å². The van der Waals surface area contributed by atoms with Crippen LogP contribution in [0.2, 0.25) is 0 Å². The van der Waals surface area contributed by atoms with Crippen LogP contribution in [-0.2, 0) is 4.74 Å². The first-order valence-electron chi connectivity index (χ1n) is 10.6. The van der Waals surface area contributed by atoms with Gasteiger partial charge in [0.25, 0.3) is 0 Å². The van der Waals surface area contributed by atoms with Crippen LogP contribution in [0.4, 0.5) is 10.2 Å². The maximum absolute atomic E-state index is 13.3. The standard InChI is InChI=1S/C21H29FN4OS/c1-13(2)17-11-28-21-19(17)20(23-12-24-21)26-9-14-7-16(26)8-18(14)27-6-5-25-4-3-15(22)10-25/h11-16,18H,3-10H2,1-2H3/t14?,15-,16?,18?/m0/s1. The fraction of sp³-hybridized carbons (Fsp3) is 0.714. The highest BCUT2D eigenvalue weighted by Gasteiger charge is 2.46. The summed E-state index contributed by atoms with van der Waals surface area (Å²) >= 11 is 1.73. The normalized spacial score (nSPS) is 30.4. The number of thiophene rings is 1. The van der Waals surface area contributed by atoms with Crippen molar-refractivity contribution in [1.29, 1.82) is 0 Å². The van der Waals surface area contributed by atoms with Gasteiger partial charge in [-0.1, -0.05) is 13.8 Å². The molecule has 3 fully saturated rings. The third-order valence-corrected chi connectivity index (χ3v) is 7.61. The number of piperidine rings is 1. The molecule has 5 rings (SSSR count). The summed E-state index contributed by atoms with van der Waals surface area (Å²) in [5.41, 5.74) is 1.36. The first-order valence-corrected chi connectivity index (χ1v) is 11.4. The molecule has 1 aliphatic carbocycles. The first kappa shape index (κ1) is 18.7. The summed E-state index contributed by atoms with van der Waals surface area (Å²) in [6.07, 6.45) is 4.35. The lowest BCUT2D eigenvalue weighted by Crippen LogP contribution is -2.40. The number of aromatic nitrogens is 2. The number of anilines is 1. The van der Waals surface area contributed by atoms with E-state index in [0.29, 0.717) is 36.9 Å². The Morgan fingerprint density at radius 3 is 2.89 bits per heavy atom. The van der Waals surface area contributed by atoms with Crippen molar-refractivity contribution >= 4 is 27.4 Å². The van der Waals surface area contributed by atoms with E-state index in [9.17, 15) is 4.39 Å². The second-order valence-corrected chi connectivity index (χ2v) is 9.71. The van der Waals surface area contributed by atoms with Crippen molar-refractivity contribution in [3.05, 3.63) is 17.3 Å². The van der Waals surface area contributed by atoms with Gasteiger partial charge in [0.05, 0.1) is 18.1 Å². The topological polar surface area (TPSA) is 41.5 Å². The Hall–Kier alpha value is -1.31. The lowest BCUT2D eigenvalue weighted by molar-refractivity contribution is 0.0144. The van der Waals surface area contributed by atoms with Crippen LogP contribution in [0.5, 0.6) is 0 Å². The van der Waals surface area contributed by atoms with Crippen LogP contribution in [0.25, 0.3) is 10.2 Å². The van der Waals surface area contributed by atoms with Crippen molar-refractivity contribution in [3.63, 3.8) is 0 Å². The van der Waals surface area contributed by atoms with E-state index < -0.39 is 6.17 Å². The second kappa shape index (κ2) is 7.50. The van der Waals surface area contributed by atoms with Crippen molar-refractivity contribution in [2.45, 2.75) is 57.3 Å². The molecule has 3 aliphatic rings. The quantitative estimate of drug-likeness (QED) is 0.732. The molecular formula is C21H29FN4OS. The Bertz CT molecular complexity index is 843. The molecule has 0 N–H and O–H groups in total. The number of nitrogens with zero attached hydrogens (tertiary/aromatic N) is 4. The summed E-state index contributed by atoms with van der Waals surface area (Å²) in [5.74, 6) is 2.17. The molecule has 2 saturated heterocycles. The zero-order valence-corrected chi connectivity index (χ0v) is 17.5. The van der Waals surface area contributed by atoms with E-state index in [1.807, 2.05) is 0 Å².